The Labute approximate surface area is 181 Å². The van der Waals surface area contributed by atoms with Crippen LogP contribution in [0, 0.1) is 11.8 Å². The van der Waals surface area contributed by atoms with Crippen molar-refractivity contribution in [1.29, 1.82) is 0 Å². The van der Waals surface area contributed by atoms with Gasteiger partial charge in [-0.1, -0.05) is 43.7 Å². The minimum atomic E-state index is -0.546. The molecule has 4 nitrogen and oxygen atoms in total. The van der Waals surface area contributed by atoms with Gasteiger partial charge in [0.05, 0.1) is 12.5 Å². The summed E-state index contributed by atoms with van der Waals surface area (Å²) in [6, 6.07) is 20.2. The van der Waals surface area contributed by atoms with Crippen molar-refractivity contribution in [3.05, 3.63) is 116 Å². The molecule has 3 rings (SSSR count). The molecule has 152 valence electrons. The summed E-state index contributed by atoms with van der Waals surface area (Å²) in [7, 11) is 0. The molecule has 0 bridgehead atoms. The second-order valence-corrected chi connectivity index (χ2v) is 6.20. The Morgan fingerprint density at radius 3 is 1.87 bits per heavy atom. The first-order valence-electron chi connectivity index (χ1n) is 9.39. The number of benzene rings is 3. The van der Waals surface area contributed by atoms with Gasteiger partial charge in [-0.25, -0.2) is 4.79 Å². The fourth-order valence-electron chi connectivity index (χ4n) is 2.74. The van der Waals surface area contributed by atoms with E-state index in [1.807, 2.05) is 60.7 Å². The van der Waals surface area contributed by atoms with Crippen LogP contribution in [0.25, 0.3) is 11.1 Å². The summed E-state index contributed by atoms with van der Waals surface area (Å²) in [4.78, 5) is 11.9. The van der Waals surface area contributed by atoms with Crippen LogP contribution < -0.4 is 14.2 Å². The van der Waals surface area contributed by atoms with Crippen molar-refractivity contribution in [3.63, 3.8) is 0 Å². The van der Waals surface area contributed by atoms with Gasteiger partial charge in [-0.3, -0.25) is 0 Å². The first-order valence-corrected chi connectivity index (χ1v) is 9.39. The van der Waals surface area contributed by atoms with Gasteiger partial charge >= 0.3 is 5.97 Å². The van der Waals surface area contributed by atoms with Crippen LogP contribution in [0.2, 0.25) is 0 Å². The van der Waals surface area contributed by atoms with Crippen LogP contribution in [0.15, 0.2) is 105 Å². The van der Waals surface area contributed by atoms with Crippen molar-refractivity contribution in [2.75, 3.05) is 0 Å². The van der Waals surface area contributed by atoms with Crippen molar-refractivity contribution in [2.24, 2.45) is 0 Å². The topological polar surface area (TPSA) is 44.8 Å². The van der Waals surface area contributed by atoms with Gasteiger partial charge in [-0.05, 0) is 60.2 Å². The highest BCUT2D eigenvalue weighted by molar-refractivity contribution is 5.85. The monoisotopic (exact) mass is 408 g/mol. The molecule has 0 fully saturated rings. The highest BCUT2D eigenvalue weighted by Gasteiger charge is 2.10. The highest BCUT2D eigenvalue weighted by Crippen LogP contribution is 2.32. The van der Waals surface area contributed by atoms with E-state index in [0.717, 1.165) is 22.8 Å². The zero-order chi connectivity index (χ0) is 22.1. The van der Waals surface area contributed by atoms with E-state index >= 15 is 0 Å². The number of hydrogen-bond acceptors (Lipinski definition) is 4. The summed E-state index contributed by atoms with van der Waals surface area (Å²) >= 11 is 0. The molecule has 4 heteroatoms. The van der Waals surface area contributed by atoms with Crippen molar-refractivity contribution < 1.29 is 19.0 Å². The van der Waals surface area contributed by atoms with Crippen LogP contribution in [0.4, 0.5) is 0 Å². The predicted octanol–water partition coefficient (Wildman–Crippen LogP) is 5.89. The zero-order valence-corrected chi connectivity index (χ0v) is 16.8. The van der Waals surface area contributed by atoms with Crippen LogP contribution >= 0.6 is 0 Å². The van der Waals surface area contributed by atoms with Crippen LogP contribution in [0.3, 0.4) is 0 Å². The quantitative estimate of drug-likeness (QED) is 0.161. The number of carbonyl (C=O) groups excluding carboxylic acids is 1. The van der Waals surface area contributed by atoms with E-state index in [1.54, 1.807) is 6.07 Å². The van der Waals surface area contributed by atoms with Crippen LogP contribution in [-0.2, 0) is 4.79 Å². The second-order valence-electron chi connectivity index (χ2n) is 6.20. The lowest BCUT2D eigenvalue weighted by Crippen LogP contribution is -2.04. The van der Waals surface area contributed by atoms with E-state index in [2.05, 4.69) is 31.6 Å². The smallest absolute Gasteiger partial charge is 0.335 e. The summed E-state index contributed by atoms with van der Waals surface area (Å²) in [5.41, 5.74) is 3.13. The summed E-state index contributed by atoms with van der Waals surface area (Å²) < 4.78 is 15.9. The van der Waals surface area contributed by atoms with Crippen molar-refractivity contribution in [1.82, 2.24) is 0 Å². The first kappa shape index (κ1) is 21.2. The molecule has 0 aliphatic carbocycles. The Morgan fingerprint density at radius 1 is 0.742 bits per heavy atom. The Morgan fingerprint density at radius 2 is 1.29 bits per heavy atom. The van der Waals surface area contributed by atoms with Gasteiger partial charge in [0.1, 0.15) is 17.2 Å². The first-order chi connectivity index (χ1) is 15.1. The lowest BCUT2D eigenvalue weighted by Gasteiger charge is -2.10. The van der Waals surface area contributed by atoms with Crippen LogP contribution in [-0.4, -0.2) is 5.97 Å². The van der Waals surface area contributed by atoms with Gasteiger partial charge in [-0.15, -0.1) is 0 Å². The van der Waals surface area contributed by atoms with Crippen LogP contribution in [0.1, 0.15) is 11.1 Å². The number of carbonyl (C=O) groups is 1. The molecular formula is C27H20O4. The van der Waals surface area contributed by atoms with Gasteiger partial charge in [0.15, 0.2) is 0 Å². The third-order valence-corrected chi connectivity index (χ3v) is 4.17. The number of ether oxygens (including phenoxy) is 3. The van der Waals surface area contributed by atoms with E-state index in [-0.39, 0.29) is 0 Å². The molecule has 0 aliphatic rings. The molecule has 0 unspecified atom stereocenters. The van der Waals surface area contributed by atoms with E-state index in [9.17, 15) is 4.79 Å². The fourth-order valence-corrected chi connectivity index (χ4v) is 2.74. The Bertz CT molecular complexity index is 1160. The lowest BCUT2D eigenvalue weighted by atomic mass is 10.0. The molecule has 0 saturated carbocycles. The van der Waals surface area contributed by atoms with Gasteiger partial charge < -0.3 is 14.2 Å². The molecule has 3 aromatic carbocycles. The maximum atomic E-state index is 11.9. The van der Waals surface area contributed by atoms with Gasteiger partial charge in [0.25, 0.3) is 0 Å². The fraction of sp³-hybridized carbons (Fsp3) is 0. The zero-order valence-electron chi connectivity index (χ0n) is 16.8. The van der Waals surface area contributed by atoms with E-state index in [1.165, 1.54) is 12.5 Å². The molecule has 0 N–H and O–H groups in total. The van der Waals surface area contributed by atoms with E-state index < -0.39 is 5.97 Å². The molecule has 0 spiro atoms. The number of hydrogen-bond donors (Lipinski definition) is 0. The number of esters is 1. The second kappa shape index (κ2) is 10.3. The largest absolute Gasteiger partial charge is 0.466 e. The molecule has 0 amide bonds. The summed E-state index contributed by atoms with van der Waals surface area (Å²) in [6.07, 6.45) is 3.85. The highest BCUT2D eigenvalue weighted by atomic mass is 16.5. The standard InChI is InChI=1S/C27H20O4/c1-4-27(28)31-26-19-21(8-7-20-9-14-23(15-10-20)29-5-2)11-18-25(26)22-12-16-24(17-13-22)30-6-3/h4-6,9-19H,1-3H2. The minimum Gasteiger partial charge on any atom is -0.466 e. The Kier molecular flexibility index (Phi) is 7.07. The van der Waals surface area contributed by atoms with E-state index in [0.29, 0.717) is 22.8 Å². The predicted molar refractivity (Wildman–Crippen MR) is 122 cm³/mol. The average Bonchev–Trinajstić information content (AvgIpc) is 2.80. The SMILES string of the molecule is C=COc1ccc(C#Cc2ccc(-c3ccc(OC=C)cc3)c(OC(=O)C=C)c2)cc1. The molecular weight excluding hydrogens is 388 g/mol. The molecule has 0 aromatic heterocycles. The molecule has 0 atom stereocenters. The van der Waals surface area contributed by atoms with Gasteiger partial charge in [0.2, 0.25) is 0 Å². The van der Waals surface area contributed by atoms with Crippen molar-refractivity contribution in [2.45, 2.75) is 0 Å². The third kappa shape index (κ3) is 5.75. The molecule has 3 aromatic rings. The molecule has 31 heavy (non-hydrogen) atoms. The lowest BCUT2D eigenvalue weighted by molar-refractivity contribution is -0.128. The third-order valence-electron chi connectivity index (χ3n) is 4.17. The van der Waals surface area contributed by atoms with Crippen molar-refractivity contribution >= 4 is 5.97 Å². The Hall–Kier alpha value is -4.49. The summed E-state index contributed by atoms with van der Waals surface area (Å²) in [5.74, 6) is 7.37. The number of rotatable bonds is 7. The maximum absolute atomic E-state index is 11.9. The van der Waals surface area contributed by atoms with Gasteiger partial charge in [-0.2, -0.15) is 0 Å². The molecule has 0 heterocycles. The minimum absolute atomic E-state index is 0.392. The Balaban J connectivity index is 1.92. The van der Waals surface area contributed by atoms with Crippen molar-refractivity contribution in [3.8, 4) is 40.2 Å². The molecule has 0 saturated heterocycles. The molecule has 0 radical (unpaired) electrons. The van der Waals surface area contributed by atoms with E-state index in [4.69, 9.17) is 14.2 Å². The molecule has 0 aliphatic heterocycles. The average molecular weight is 408 g/mol. The maximum Gasteiger partial charge on any atom is 0.335 e. The summed E-state index contributed by atoms with van der Waals surface area (Å²) in [5, 5.41) is 0. The van der Waals surface area contributed by atoms with Gasteiger partial charge in [0, 0.05) is 22.8 Å². The van der Waals surface area contributed by atoms with Crippen LogP contribution in [0.5, 0.6) is 17.2 Å². The normalized spacial score (nSPS) is 9.55. The summed E-state index contributed by atoms with van der Waals surface area (Å²) in [6.45, 7) is 10.5.